The lowest BCUT2D eigenvalue weighted by Gasteiger charge is -2.16. The molecular formula is C14H18FNO3. The number of rotatable bonds is 7. The lowest BCUT2D eigenvalue weighted by Crippen LogP contribution is -2.22. The van der Waals surface area contributed by atoms with Gasteiger partial charge in [0.2, 0.25) is 0 Å². The van der Waals surface area contributed by atoms with Crippen LogP contribution in [0, 0.1) is 5.82 Å². The van der Waals surface area contributed by atoms with Crippen LogP contribution in [0.3, 0.4) is 0 Å². The van der Waals surface area contributed by atoms with E-state index in [0.717, 1.165) is 18.2 Å². The van der Waals surface area contributed by atoms with Crippen molar-refractivity contribution in [2.45, 2.75) is 6.54 Å². The molecule has 1 aromatic carbocycles. The van der Waals surface area contributed by atoms with Gasteiger partial charge in [0, 0.05) is 26.3 Å². The van der Waals surface area contributed by atoms with E-state index < -0.39 is 5.97 Å². The summed E-state index contributed by atoms with van der Waals surface area (Å²) in [5, 5.41) is 8.55. The van der Waals surface area contributed by atoms with Gasteiger partial charge in [-0.05, 0) is 36.4 Å². The number of ether oxygens (including phenoxy) is 1. The highest BCUT2D eigenvalue weighted by Crippen LogP contribution is 2.12. The lowest BCUT2D eigenvalue weighted by molar-refractivity contribution is -0.131. The molecule has 0 radical (unpaired) electrons. The van der Waals surface area contributed by atoms with Crippen molar-refractivity contribution >= 4 is 12.0 Å². The summed E-state index contributed by atoms with van der Waals surface area (Å²) in [5.74, 6) is -1.43. The summed E-state index contributed by atoms with van der Waals surface area (Å²) in [4.78, 5) is 12.4. The number of carboxylic acid groups (broad SMARTS) is 1. The second-order valence-corrected chi connectivity index (χ2v) is 4.29. The molecular weight excluding hydrogens is 249 g/mol. The topological polar surface area (TPSA) is 49.8 Å². The third-order valence-corrected chi connectivity index (χ3v) is 2.53. The van der Waals surface area contributed by atoms with Gasteiger partial charge in [-0.25, -0.2) is 9.18 Å². The molecule has 0 saturated heterocycles. The number of aliphatic carboxylic acids is 1. The van der Waals surface area contributed by atoms with Gasteiger partial charge in [-0.2, -0.15) is 0 Å². The first-order valence-electron chi connectivity index (χ1n) is 5.89. The zero-order chi connectivity index (χ0) is 14.3. The number of benzene rings is 1. The fourth-order valence-electron chi connectivity index (χ4n) is 1.67. The van der Waals surface area contributed by atoms with Crippen molar-refractivity contribution in [3.8, 4) is 0 Å². The molecule has 0 atom stereocenters. The number of nitrogens with zero attached hydrogens (tertiary/aromatic N) is 1. The first-order chi connectivity index (χ1) is 9.01. The normalized spacial score (nSPS) is 11.4. The minimum absolute atomic E-state index is 0.373. The summed E-state index contributed by atoms with van der Waals surface area (Å²) >= 11 is 0. The van der Waals surface area contributed by atoms with Crippen LogP contribution in [-0.4, -0.2) is 43.3 Å². The van der Waals surface area contributed by atoms with Gasteiger partial charge in [0.15, 0.2) is 0 Å². The van der Waals surface area contributed by atoms with Gasteiger partial charge >= 0.3 is 5.97 Å². The number of methoxy groups -OCH3 is 1. The van der Waals surface area contributed by atoms with E-state index in [1.807, 2.05) is 11.9 Å². The molecule has 1 aromatic rings. The molecule has 0 aliphatic carbocycles. The first kappa shape index (κ1) is 15.3. The molecule has 0 aliphatic heterocycles. The molecule has 0 bridgehead atoms. The Hall–Kier alpha value is -1.72. The Kier molecular flexibility index (Phi) is 6.18. The minimum atomic E-state index is -1.05. The van der Waals surface area contributed by atoms with E-state index in [9.17, 15) is 9.18 Å². The summed E-state index contributed by atoms with van der Waals surface area (Å²) in [6.45, 7) is 1.93. The van der Waals surface area contributed by atoms with Crippen molar-refractivity contribution in [1.82, 2.24) is 4.90 Å². The van der Waals surface area contributed by atoms with Crippen LogP contribution in [0.25, 0.3) is 6.08 Å². The van der Waals surface area contributed by atoms with Crippen LogP contribution in [0.5, 0.6) is 0 Å². The smallest absolute Gasteiger partial charge is 0.328 e. The maximum Gasteiger partial charge on any atom is 0.328 e. The molecule has 0 aliphatic rings. The van der Waals surface area contributed by atoms with Gasteiger partial charge in [0.25, 0.3) is 0 Å². The summed E-state index contributed by atoms with van der Waals surface area (Å²) in [6.07, 6.45) is 2.37. The van der Waals surface area contributed by atoms with E-state index in [1.165, 1.54) is 18.2 Å². The van der Waals surface area contributed by atoms with Gasteiger partial charge in [-0.1, -0.05) is 6.07 Å². The number of likely N-dealkylation sites (N-methyl/N-ethyl adjacent to an activating group) is 1. The molecule has 104 valence electrons. The van der Waals surface area contributed by atoms with Crippen molar-refractivity contribution in [1.29, 1.82) is 0 Å². The molecule has 4 nitrogen and oxygen atoms in total. The van der Waals surface area contributed by atoms with Crippen LogP contribution in [-0.2, 0) is 16.1 Å². The Bertz CT molecular complexity index is 460. The highest BCUT2D eigenvalue weighted by atomic mass is 19.1. The summed E-state index contributed by atoms with van der Waals surface area (Å²) in [5.41, 5.74) is 1.33. The predicted molar refractivity (Wildman–Crippen MR) is 71.3 cm³/mol. The maximum atomic E-state index is 13.4. The first-order valence-corrected chi connectivity index (χ1v) is 5.89. The molecule has 0 spiro atoms. The van der Waals surface area contributed by atoms with Crippen molar-refractivity contribution in [2.75, 3.05) is 27.3 Å². The van der Waals surface area contributed by atoms with Crippen molar-refractivity contribution in [2.24, 2.45) is 0 Å². The molecule has 0 fully saturated rings. The van der Waals surface area contributed by atoms with Gasteiger partial charge in [0.1, 0.15) is 5.82 Å². The number of carboxylic acids is 1. The van der Waals surface area contributed by atoms with E-state index in [0.29, 0.717) is 18.7 Å². The van der Waals surface area contributed by atoms with Crippen LogP contribution < -0.4 is 0 Å². The zero-order valence-corrected chi connectivity index (χ0v) is 11.1. The van der Waals surface area contributed by atoms with Crippen molar-refractivity contribution in [3.63, 3.8) is 0 Å². The fraction of sp³-hybridized carbons (Fsp3) is 0.357. The molecule has 0 aromatic heterocycles. The van der Waals surface area contributed by atoms with Crippen LogP contribution >= 0.6 is 0 Å². The number of hydrogen-bond acceptors (Lipinski definition) is 3. The van der Waals surface area contributed by atoms with Crippen LogP contribution in [0.4, 0.5) is 4.39 Å². The van der Waals surface area contributed by atoms with Gasteiger partial charge in [-0.15, -0.1) is 0 Å². The molecule has 19 heavy (non-hydrogen) atoms. The number of halogens is 1. The van der Waals surface area contributed by atoms with E-state index in [1.54, 1.807) is 13.2 Å². The minimum Gasteiger partial charge on any atom is -0.478 e. The molecule has 0 heterocycles. The average molecular weight is 267 g/mol. The molecule has 0 amide bonds. The molecule has 1 N–H and O–H groups in total. The Morgan fingerprint density at radius 2 is 2.21 bits per heavy atom. The molecule has 5 heteroatoms. The Balaban J connectivity index is 2.76. The van der Waals surface area contributed by atoms with Crippen molar-refractivity contribution in [3.05, 3.63) is 41.2 Å². The third-order valence-electron chi connectivity index (χ3n) is 2.53. The lowest BCUT2D eigenvalue weighted by atomic mass is 10.1. The summed E-state index contributed by atoms with van der Waals surface area (Å²) in [7, 11) is 3.54. The second-order valence-electron chi connectivity index (χ2n) is 4.29. The highest BCUT2D eigenvalue weighted by molar-refractivity contribution is 5.85. The van der Waals surface area contributed by atoms with Gasteiger partial charge < -0.3 is 9.84 Å². The van der Waals surface area contributed by atoms with Crippen molar-refractivity contribution < 1.29 is 19.0 Å². The van der Waals surface area contributed by atoms with Crippen LogP contribution in [0.2, 0.25) is 0 Å². The second kappa shape index (κ2) is 7.66. The van der Waals surface area contributed by atoms with Gasteiger partial charge in [-0.3, -0.25) is 4.90 Å². The summed E-state index contributed by atoms with van der Waals surface area (Å²) < 4.78 is 18.4. The Morgan fingerprint density at radius 3 is 2.84 bits per heavy atom. The van der Waals surface area contributed by atoms with E-state index in [4.69, 9.17) is 9.84 Å². The maximum absolute atomic E-state index is 13.4. The zero-order valence-electron chi connectivity index (χ0n) is 11.1. The highest BCUT2D eigenvalue weighted by Gasteiger charge is 2.03. The number of hydrogen-bond donors (Lipinski definition) is 1. The predicted octanol–water partition coefficient (Wildman–Crippen LogP) is 2.00. The average Bonchev–Trinajstić information content (AvgIpc) is 2.33. The monoisotopic (exact) mass is 267 g/mol. The quantitative estimate of drug-likeness (QED) is 0.768. The number of carbonyl (C=O) groups is 1. The van der Waals surface area contributed by atoms with E-state index in [-0.39, 0.29) is 5.82 Å². The van der Waals surface area contributed by atoms with E-state index >= 15 is 0 Å². The van der Waals surface area contributed by atoms with Crippen LogP contribution in [0.1, 0.15) is 11.1 Å². The standard InChI is InChI=1S/C14H18FNO3/c1-16(5-6-19-2)10-12-7-11(3-4-14(17)18)8-13(15)9-12/h3-4,7-9H,5-6,10H2,1-2H3,(H,17,18). The molecule has 0 unspecified atom stereocenters. The molecule has 1 rings (SSSR count). The molecule has 0 saturated carbocycles. The summed E-state index contributed by atoms with van der Waals surface area (Å²) in [6, 6.07) is 4.52. The van der Waals surface area contributed by atoms with Gasteiger partial charge in [0.05, 0.1) is 6.61 Å². The SMILES string of the molecule is COCCN(C)Cc1cc(F)cc(C=CC(=O)O)c1. The third kappa shape index (κ3) is 6.13. The Morgan fingerprint density at radius 1 is 1.47 bits per heavy atom. The van der Waals surface area contributed by atoms with Crippen LogP contribution in [0.15, 0.2) is 24.3 Å². The largest absolute Gasteiger partial charge is 0.478 e. The van der Waals surface area contributed by atoms with E-state index in [2.05, 4.69) is 0 Å². The fourth-order valence-corrected chi connectivity index (χ4v) is 1.67. The Labute approximate surface area is 112 Å².